The molecular formula is C12H22N4O. The number of nitrogens with zero attached hydrogens (tertiary/aromatic N) is 3. The van der Waals surface area contributed by atoms with Crippen LogP contribution in [0.5, 0.6) is 0 Å². The van der Waals surface area contributed by atoms with Crippen LogP contribution in [0.1, 0.15) is 51.3 Å². The molecule has 1 saturated carbocycles. The van der Waals surface area contributed by atoms with Crippen molar-refractivity contribution < 1.29 is 4.74 Å². The Balaban J connectivity index is 2.24. The predicted molar refractivity (Wildman–Crippen MR) is 65.4 cm³/mol. The highest BCUT2D eigenvalue weighted by Crippen LogP contribution is 2.41. The molecule has 0 aromatic carbocycles. The van der Waals surface area contributed by atoms with Crippen LogP contribution in [0.2, 0.25) is 0 Å². The van der Waals surface area contributed by atoms with Crippen LogP contribution in [0.15, 0.2) is 6.20 Å². The summed E-state index contributed by atoms with van der Waals surface area (Å²) >= 11 is 0. The minimum absolute atomic E-state index is 0.125. The lowest BCUT2D eigenvalue weighted by Crippen LogP contribution is -2.42. The fourth-order valence-electron chi connectivity index (χ4n) is 2.83. The molecule has 0 aliphatic heterocycles. The van der Waals surface area contributed by atoms with Gasteiger partial charge in [0.2, 0.25) is 0 Å². The molecular weight excluding hydrogens is 216 g/mol. The Labute approximate surface area is 102 Å². The van der Waals surface area contributed by atoms with Crippen molar-refractivity contribution in [3.63, 3.8) is 0 Å². The van der Waals surface area contributed by atoms with Gasteiger partial charge in [0.1, 0.15) is 0 Å². The number of ether oxygens (including phenoxy) is 1. The van der Waals surface area contributed by atoms with Gasteiger partial charge in [0.25, 0.3) is 0 Å². The Bertz CT molecular complexity index is 357. The lowest BCUT2D eigenvalue weighted by molar-refractivity contribution is -0.0553. The van der Waals surface area contributed by atoms with Gasteiger partial charge >= 0.3 is 0 Å². The van der Waals surface area contributed by atoms with Gasteiger partial charge in [0.15, 0.2) is 0 Å². The number of nitrogens with two attached hydrogens (primary N) is 1. The van der Waals surface area contributed by atoms with Crippen LogP contribution >= 0.6 is 0 Å². The van der Waals surface area contributed by atoms with Crippen molar-refractivity contribution in [3.05, 3.63) is 11.9 Å². The van der Waals surface area contributed by atoms with Crippen molar-refractivity contribution in [3.8, 4) is 0 Å². The number of rotatable bonds is 5. The summed E-state index contributed by atoms with van der Waals surface area (Å²) in [6, 6.07) is -0.125. The third kappa shape index (κ3) is 2.21. The lowest BCUT2D eigenvalue weighted by Gasteiger charge is -2.34. The molecule has 1 aliphatic rings. The first-order valence-corrected chi connectivity index (χ1v) is 6.51. The molecule has 1 heterocycles. The predicted octanol–water partition coefficient (Wildman–Crippen LogP) is 1.65. The fraction of sp³-hybridized carbons (Fsp3) is 0.833. The molecule has 17 heavy (non-hydrogen) atoms. The van der Waals surface area contributed by atoms with Gasteiger partial charge in [-0.3, -0.25) is 0 Å². The van der Waals surface area contributed by atoms with Crippen LogP contribution < -0.4 is 5.73 Å². The molecule has 1 atom stereocenters. The average molecular weight is 238 g/mol. The van der Waals surface area contributed by atoms with E-state index in [2.05, 4.69) is 10.3 Å². The van der Waals surface area contributed by atoms with Crippen LogP contribution in [-0.4, -0.2) is 27.2 Å². The second-order valence-corrected chi connectivity index (χ2v) is 4.66. The summed E-state index contributed by atoms with van der Waals surface area (Å²) in [6.07, 6.45) is 6.24. The van der Waals surface area contributed by atoms with Gasteiger partial charge in [0.05, 0.1) is 23.5 Å². The molecule has 0 spiro atoms. The maximum Gasteiger partial charge on any atom is 0.0889 e. The highest BCUT2D eigenvalue weighted by molar-refractivity contribution is 5.11. The number of aromatic nitrogens is 3. The standard InChI is InChI=1S/C12H22N4O/c1-3-16-10(9-14-15-16)11(13)12(17-4-2)7-5-6-8-12/h9,11H,3-8,13H2,1-2H3. The van der Waals surface area contributed by atoms with E-state index in [4.69, 9.17) is 10.5 Å². The first-order valence-electron chi connectivity index (χ1n) is 6.51. The van der Waals surface area contributed by atoms with E-state index in [9.17, 15) is 0 Å². The molecule has 1 fully saturated rings. The van der Waals surface area contributed by atoms with Crippen molar-refractivity contribution in [1.82, 2.24) is 15.0 Å². The first kappa shape index (κ1) is 12.5. The van der Waals surface area contributed by atoms with Gasteiger partial charge in [-0.05, 0) is 26.7 Å². The smallest absolute Gasteiger partial charge is 0.0889 e. The Morgan fingerprint density at radius 3 is 2.76 bits per heavy atom. The first-order chi connectivity index (χ1) is 8.23. The van der Waals surface area contributed by atoms with Crippen molar-refractivity contribution >= 4 is 0 Å². The molecule has 2 rings (SSSR count). The topological polar surface area (TPSA) is 66.0 Å². The van der Waals surface area contributed by atoms with Crippen molar-refractivity contribution in [2.45, 2.75) is 57.7 Å². The lowest BCUT2D eigenvalue weighted by atomic mass is 9.90. The third-order valence-electron chi connectivity index (χ3n) is 3.71. The summed E-state index contributed by atoms with van der Waals surface area (Å²) in [4.78, 5) is 0. The number of aryl methyl sites for hydroxylation is 1. The number of hydrogen-bond acceptors (Lipinski definition) is 4. The molecule has 5 heteroatoms. The van der Waals surface area contributed by atoms with Crippen molar-refractivity contribution in [2.75, 3.05) is 6.61 Å². The SMILES string of the molecule is CCOC1(C(N)c2cnnn2CC)CCCC1. The largest absolute Gasteiger partial charge is 0.373 e. The van der Waals surface area contributed by atoms with Gasteiger partial charge < -0.3 is 10.5 Å². The molecule has 0 saturated heterocycles. The Kier molecular flexibility index (Phi) is 3.79. The van der Waals surface area contributed by atoms with Gasteiger partial charge in [-0.25, -0.2) is 4.68 Å². The van der Waals surface area contributed by atoms with Crippen LogP contribution in [0.3, 0.4) is 0 Å². The summed E-state index contributed by atoms with van der Waals surface area (Å²) in [7, 11) is 0. The minimum atomic E-state index is -0.205. The molecule has 1 aromatic heterocycles. The zero-order valence-electron chi connectivity index (χ0n) is 10.7. The fourth-order valence-corrected chi connectivity index (χ4v) is 2.83. The van der Waals surface area contributed by atoms with Gasteiger partial charge in [0, 0.05) is 13.2 Å². The van der Waals surface area contributed by atoms with Crippen LogP contribution in [-0.2, 0) is 11.3 Å². The maximum absolute atomic E-state index is 6.42. The molecule has 1 aromatic rings. The summed E-state index contributed by atoms with van der Waals surface area (Å²) in [6.45, 7) is 5.59. The Morgan fingerprint density at radius 1 is 1.47 bits per heavy atom. The summed E-state index contributed by atoms with van der Waals surface area (Å²) in [5.74, 6) is 0. The van der Waals surface area contributed by atoms with E-state index in [1.807, 2.05) is 18.5 Å². The molecule has 0 amide bonds. The highest BCUT2D eigenvalue weighted by atomic mass is 16.5. The second-order valence-electron chi connectivity index (χ2n) is 4.66. The average Bonchev–Trinajstić information content (AvgIpc) is 2.97. The molecule has 1 unspecified atom stereocenters. The Hall–Kier alpha value is -0.940. The summed E-state index contributed by atoms with van der Waals surface area (Å²) in [5.41, 5.74) is 7.20. The molecule has 1 aliphatic carbocycles. The van der Waals surface area contributed by atoms with E-state index in [-0.39, 0.29) is 11.6 Å². The molecule has 5 nitrogen and oxygen atoms in total. The monoisotopic (exact) mass is 238 g/mol. The number of hydrogen-bond donors (Lipinski definition) is 1. The normalized spacial score (nSPS) is 20.6. The van der Waals surface area contributed by atoms with Crippen molar-refractivity contribution in [2.24, 2.45) is 5.73 Å². The van der Waals surface area contributed by atoms with E-state index in [1.165, 1.54) is 12.8 Å². The van der Waals surface area contributed by atoms with E-state index >= 15 is 0 Å². The van der Waals surface area contributed by atoms with E-state index < -0.39 is 0 Å². The van der Waals surface area contributed by atoms with Gasteiger partial charge in [-0.15, -0.1) is 5.10 Å². The zero-order valence-corrected chi connectivity index (χ0v) is 10.7. The maximum atomic E-state index is 6.42. The highest BCUT2D eigenvalue weighted by Gasteiger charge is 2.42. The summed E-state index contributed by atoms with van der Waals surface area (Å²) < 4.78 is 7.85. The quantitative estimate of drug-likeness (QED) is 0.847. The van der Waals surface area contributed by atoms with Crippen molar-refractivity contribution in [1.29, 1.82) is 0 Å². The second kappa shape index (κ2) is 5.14. The van der Waals surface area contributed by atoms with Gasteiger partial charge in [-0.2, -0.15) is 0 Å². The third-order valence-corrected chi connectivity index (χ3v) is 3.71. The van der Waals surface area contributed by atoms with E-state index in [1.54, 1.807) is 6.20 Å². The van der Waals surface area contributed by atoms with Crippen LogP contribution in [0.4, 0.5) is 0 Å². The molecule has 0 bridgehead atoms. The minimum Gasteiger partial charge on any atom is -0.373 e. The van der Waals surface area contributed by atoms with Crippen LogP contribution in [0, 0.1) is 0 Å². The Morgan fingerprint density at radius 2 is 2.18 bits per heavy atom. The van der Waals surface area contributed by atoms with E-state index in [0.717, 1.165) is 25.1 Å². The van der Waals surface area contributed by atoms with Gasteiger partial charge in [-0.1, -0.05) is 18.1 Å². The van der Waals surface area contributed by atoms with E-state index in [0.29, 0.717) is 6.61 Å². The molecule has 2 N–H and O–H groups in total. The zero-order chi connectivity index (χ0) is 12.3. The molecule has 0 radical (unpaired) electrons. The molecule has 96 valence electrons. The van der Waals surface area contributed by atoms with Crippen LogP contribution in [0.25, 0.3) is 0 Å². The summed E-state index contributed by atoms with van der Waals surface area (Å²) in [5, 5.41) is 8.00.